The molecule has 1 amide bonds. The van der Waals surface area contributed by atoms with Crippen LogP contribution >= 0.6 is 0 Å². The van der Waals surface area contributed by atoms with Crippen LogP contribution in [0.25, 0.3) is 0 Å². The van der Waals surface area contributed by atoms with Gasteiger partial charge in [0.15, 0.2) is 0 Å². The standard InChI is InChI=1S/C6H7NO3/c1-3-5(8)7-4-6(9)10-2/h1H,4H2,2H3,(H,7,8). The lowest BCUT2D eigenvalue weighted by Crippen LogP contribution is -2.28. The molecule has 0 aromatic rings. The van der Waals surface area contributed by atoms with Crippen LogP contribution in [0.4, 0.5) is 0 Å². The highest BCUT2D eigenvalue weighted by Crippen LogP contribution is 1.68. The molecule has 0 aromatic heterocycles. The average molecular weight is 141 g/mol. The van der Waals surface area contributed by atoms with Gasteiger partial charge in [0.25, 0.3) is 5.91 Å². The van der Waals surface area contributed by atoms with Crippen LogP contribution in [-0.2, 0) is 14.3 Å². The van der Waals surface area contributed by atoms with Gasteiger partial charge in [-0.25, -0.2) is 0 Å². The molecule has 0 rings (SSSR count). The van der Waals surface area contributed by atoms with Crippen molar-refractivity contribution < 1.29 is 14.3 Å². The molecule has 54 valence electrons. The number of esters is 1. The van der Waals surface area contributed by atoms with Crippen molar-refractivity contribution in [3.8, 4) is 12.3 Å². The SMILES string of the molecule is C#CC(=O)NCC(=O)OC. The van der Waals surface area contributed by atoms with Crippen LogP contribution < -0.4 is 5.32 Å². The molecular formula is C6H7NO3. The first-order valence-electron chi connectivity index (χ1n) is 2.52. The van der Waals surface area contributed by atoms with E-state index in [2.05, 4.69) is 16.5 Å². The summed E-state index contributed by atoms with van der Waals surface area (Å²) < 4.78 is 4.22. The second-order valence-electron chi connectivity index (χ2n) is 1.40. The normalized spacial score (nSPS) is 7.60. The number of hydrogen-bond donors (Lipinski definition) is 1. The van der Waals surface area contributed by atoms with Crippen LogP contribution in [0.2, 0.25) is 0 Å². The number of carbonyl (C=O) groups is 2. The first-order chi connectivity index (χ1) is 4.70. The molecule has 4 heteroatoms. The molecule has 0 heterocycles. The van der Waals surface area contributed by atoms with Crippen LogP contribution in [0.1, 0.15) is 0 Å². The van der Waals surface area contributed by atoms with Gasteiger partial charge in [0, 0.05) is 0 Å². The summed E-state index contributed by atoms with van der Waals surface area (Å²) in [6.45, 7) is -0.181. The molecule has 0 radical (unpaired) electrons. The van der Waals surface area contributed by atoms with E-state index in [-0.39, 0.29) is 6.54 Å². The fourth-order valence-electron chi connectivity index (χ4n) is 0.276. The smallest absolute Gasteiger partial charge is 0.325 e. The zero-order valence-electron chi connectivity index (χ0n) is 5.51. The van der Waals surface area contributed by atoms with Crippen LogP contribution in [0, 0.1) is 12.3 Å². The van der Waals surface area contributed by atoms with Gasteiger partial charge in [0.2, 0.25) is 0 Å². The highest BCUT2D eigenvalue weighted by molar-refractivity contribution is 5.94. The van der Waals surface area contributed by atoms with Crippen molar-refractivity contribution in [1.29, 1.82) is 0 Å². The van der Waals surface area contributed by atoms with Gasteiger partial charge in [-0.3, -0.25) is 9.59 Å². The maximum absolute atomic E-state index is 10.3. The summed E-state index contributed by atoms with van der Waals surface area (Å²) in [5.41, 5.74) is 0. The van der Waals surface area contributed by atoms with Crippen molar-refractivity contribution in [3.05, 3.63) is 0 Å². The van der Waals surface area contributed by atoms with Crippen molar-refractivity contribution >= 4 is 11.9 Å². The van der Waals surface area contributed by atoms with Gasteiger partial charge in [-0.15, -0.1) is 6.42 Å². The Morgan fingerprint density at radius 1 is 1.70 bits per heavy atom. The summed E-state index contributed by atoms with van der Waals surface area (Å²) in [5.74, 6) is 0.642. The Bertz CT molecular complexity index is 180. The fraction of sp³-hybridized carbons (Fsp3) is 0.333. The molecule has 1 N–H and O–H groups in total. The Morgan fingerprint density at radius 2 is 2.30 bits per heavy atom. The highest BCUT2D eigenvalue weighted by atomic mass is 16.5. The second-order valence-corrected chi connectivity index (χ2v) is 1.40. The van der Waals surface area contributed by atoms with Crippen LogP contribution in [0.15, 0.2) is 0 Å². The maximum atomic E-state index is 10.3. The lowest BCUT2D eigenvalue weighted by Gasteiger charge is -1.96. The molecule has 0 bridgehead atoms. The quantitative estimate of drug-likeness (QED) is 0.392. The predicted molar refractivity (Wildman–Crippen MR) is 33.9 cm³/mol. The van der Waals surface area contributed by atoms with Gasteiger partial charge < -0.3 is 10.1 Å². The summed E-state index contributed by atoms with van der Waals surface area (Å²) in [6.07, 6.45) is 4.69. The third-order valence-corrected chi connectivity index (χ3v) is 0.752. The molecule has 0 aromatic carbocycles. The first kappa shape index (κ1) is 8.50. The minimum absolute atomic E-state index is 0.181. The van der Waals surface area contributed by atoms with Crippen molar-refractivity contribution in [2.45, 2.75) is 0 Å². The van der Waals surface area contributed by atoms with E-state index in [0.717, 1.165) is 0 Å². The van der Waals surface area contributed by atoms with Gasteiger partial charge in [-0.1, -0.05) is 0 Å². The maximum Gasteiger partial charge on any atom is 0.325 e. The minimum atomic E-state index is -0.620. The number of methoxy groups -OCH3 is 1. The number of ether oxygens (including phenoxy) is 1. The second kappa shape index (κ2) is 4.39. The van der Waals surface area contributed by atoms with E-state index in [0.29, 0.717) is 0 Å². The fourth-order valence-corrected chi connectivity index (χ4v) is 0.276. The number of nitrogens with one attached hydrogen (secondary N) is 1. The van der Waals surface area contributed by atoms with E-state index in [1.807, 2.05) is 0 Å². The number of terminal acetylenes is 1. The third kappa shape index (κ3) is 3.50. The van der Waals surface area contributed by atoms with Crippen molar-refractivity contribution in [2.75, 3.05) is 13.7 Å². The van der Waals surface area contributed by atoms with Crippen molar-refractivity contribution in [2.24, 2.45) is 0 Å². The molecule has 0 aliphatic carbocycles. The third-order valence-electron chi connectivity index (χ3n) is 0.752. The van der Waals surface area contributed by atoms with Crippen LogP contribution in [0.3, 0.4) is 0 Å². The van der Waals surface area contributed by atoms with Crippen molar-refractivity contribution in [1.82, 2.24) is 5.32 Å². The molecule has 0 aliphatic heterocycles. The zero-order valence-corrected chi connectivity index (χ0v) is 5.51. The molecule has 0 aliphatic rings. The van der Waals surface area contributed by atoms with E-state index in [1.165, 1.54) is 7.11 Å². The zero-order chi connectivity index (χ0) is 7.98. The van der Waals surface area contributed by atoms with E-state index < -0.39 is 11.9 Å². The van der Waals surface area contributed by atoms with E-state index in [1.54, 1.807) is 5.92 Å². The van der Waals surface area contributed by atoms with E-state index >= 15 is 0 Å². The Labute approximate surface area is 58.5 Å². The number of hydrogen-bond acceptors (Lipinski definition) is 3. The van der Waals surface area contributed by atoms with Crippen molar-refractivity contribution in [3.63, 3.8) is 0 Å². The molecule has 0 unspecified atom stereocenters. The number of carbonyl (C=O) groups excluding carboxylic acids is 2. The summed E-state index contributed by atoms with van der Waals surface area (Å²) in [4.78, 5) is 20.6. The predicted octanol–water partition coefficient (Wildman–Crippen LogP) is -1.09. The largest absolute Gasteiger partial charge is 0.468 e. The summed E-state index contributed by atoms with van der Waals surface area (Å²) in [6, 6.07) is 0. The molecule has 0 saturated carbocycles. The van der Waals surface area contributed by atoms with Crippen LogP contribution in [-0.4, -0.2) is 25.5 Å². The van der Waals surface area contributed by atoms with Crippen LogP contribution in [0.5, 0.6) is 0 Å². The molecule has 4 nitrogen and oxygen atoms in total. The molecular weight excluding hydrogens is 134 g/mol. The summed E-state index contributed by atoms with van der Waals surface area (Å²) in [7, 11) is 1.23. The van der Waals surface area contributed by atoms with Gasteiger partial charge in [0.1, 0.15) is 6.54 Å². The Kier molecular flexibility index (Phi) is 3.73. The summed E-state index contributed by atoms with van der Waals surface area (Å²) in [5, 5.41) is 2.13. The molecule has 0 atom stereocenters. The average Bonchev–Trinajstić information content (AvgIpc) is 1.99. The van der Waals surface area contributed by atoms with Gasteiger partial charge in [-0.05, 0) is 5.92 Å². The first-order valence-corrected chi connectivity index (χ1v) is 2.52. The lowest BCUT2D eigenvalue weighted by atomic mass is 10.6. The lowest BCUT2D eigenvalue weighted by molar-refractivity contribution is -0.140. The molecule has 0 saturated heterocycles. The Balaban J connectivity index is 3.48. The number of amides is 1. The van der Waals surface area contributed by atoms with Gasteiger partial charge in [-0.2, -0.15) is 0 Å². The molecule has 10 heavy (non-hydrogen) atoms. The highest BCUT2D eigenvalue weighted by Gasteiger charge is 2.00. The monoisotopic (exact) mass is 141 g/mol. The topological polar surface area (TPSA) is 55.4 Å². The van der Waals surface area contributed by atoms with Gasteiger partial charge >= 0.3 is 5.97 Å². The Hall–Kier alpha value is -1.50. The van der Waals surface area contributed by atoms with E-state index in [9.17, 15) is 9.59 Å². The minimum Gasteiger partial charge on any atom is -0.468 e. The van der Waals surface area contributed by atoms with Gasteiger partial charge in [0.05, 0.1) is 7.11 Å². The van der Waals surface area contributed by atoms with E-state index in [4.69, 9.17) is 0 Å². The molecule has 0 spiro atoms. The number of rotatable bonds is 2. The molecule has 0 fully saturated rings. The Morgan fingerprint density at radius 3 is 2.70 bits per heavy atom. The summed E-state index contributed by atoms with van der Waals surface area (Å²) >= 11 is 0.